The van der Waals surface area contributed by atoms with E-state index in [1.165, 1.54) is 7.11 Å². The summed E-state index contributed by atoms with van der Waals surface area (Å²) in [5.41, 5.74) is 1.53. The van der Waals surface area contributed by atoms with Gasteiger partial charge >= 0.3 is 0 Å². The average Bonchev–Trinajstić information content (AvgIpc) is 2.37. The van der Waals surface area contributed by atoms with E-state index in [1.807, 2.05) is 32.9 Å². The molecule has 0 aliphatic carbocycles. The Kier molecular flexibility index (Phi) is 6.55. The van der Waals surface area contributed by atoms with Crippen LogP contribution < -0.4 is 4.72 Å². The van der Waals surface area contributed by atoms with E-state index in [2.05, 4.69) is 4.72 Å². The van der Waals surface area contributed by atoms with Gasteiger partial charge in [-0.05, 0) is 36.0 Å². The van der Waals surface area contributed by atoms with Crippen LogP contribution >= 0.6 is 0 Å². The predicted octanol–water partition coefficient (Wildman–Crippen LogP) is 1.97. The lowest BCUT2D eigenvalue weighted by Crippen LogP contribution is -2.39. The number of aliphatic hydroxyl groups is 1. The lowest BCUT2D eigenvalue weighted by Gasteiger charge is -2.22. The Hall–Kier alpha value is -0.950. The number of rotatable bonds is 7. The molecule has 0 aromatic heterocycles. The van der Waals surface area contributed by atoms with Gasteiger partial charge in [-0.1, -0.05) is 32.9 Å². The fourth-order valence-electron chi connectivity index (χ4n) is 2.17. The van der Waals surface area contributed by atoms with E-state index in [0.717, 1.165) is 5.56 Å². The largest absolute Gasteiger partial charge is 0.396 e. The highest BCUT2D eigenvalue weighted by Crippen LogP contribution is 2.26. The molecule has 1 atom stereocenters. The Morgan fingerprint density at radius 1 is 1.32 bits per heavy atom. The Morgan fingerprint density at radius 3 is 2.45 bits per heavy atom. The summed E-state index contributed by atoms with van der Waals surface area (Å²) in [7, 11) is -2.15. The topological polar surface area (TPSA) is 75.6 Å². The van der Waals surface area contributed by atoms with Crippen LogP contribution in [0.1, 0.15) is 38.3 Å². The maximum atomic E-state index is 12.6. The van der Waals surface area contributed by atoms with Gasteiger partial charge in [0.15, 0.2) is 0 Å². The van der Waals surface area contributed by atoms with Crippen molar-refractivity contribution in [3.05, 3.63) is 29.3 Å². The van der Waals surface area contributed by atoms with Crippen LogP contribution in [0, 0.1) is 6.92 Å². The molecule has 0 amide bonds. The van der Waals surface area contributed by atoms with E-state index in [9.17, 15) is 8.42 Å². The van der Waals surface area contributed by atoms with Gasteiger partial charge in [-0.25, -0.2) is 13.1 Å². The molecule has 0 radical (unpaired) electrons. The molecule has 22 heavy (non-hydrogen) atoms. The Morgan fingerprint density at radius 2 is 1.95 bits per heavy atom. The minimum Gasteiger partial charge on any atom is -0.396 e. The first-order valence-corrected chi connectivity index (χ1v) is 8.83. The van der Waals surface area contributed by atoms with Crippen molar-refractivity contribution in [3.8, 4) is 0 Å². The first-order valence-electron chi connectivity index (χ1n) is 7.35. The summed E-state index contributed by atoms with van der Waals surface area (Å²) >= 11 is 0. The number of nitrogens with one attached hydrogen (secondary N) is 1. The molecule has 0 unspecified atom stereocenters. The molecule has 6 heteroatoms. The summed E-state index contributed by atoms with van der Waals surface area (Å²) in [6, 6.07) is 5.06. The molecule has 0 aliphatic heterocycles. The maximum absolute atomic E-state index is 12.6. The fourth-order valence-corrected chi connectivity index (χ4v) is 3.70. The zero-order valence-electron chi connectivity index (χ0n) is 14.0. The molecule has 0 fully saturated rings. The molecule has 0 spiro atoms. The van der Waals surface area contributed by atoms with Gasteiger partial charge < -0.3 is 9.84 Å². The molecule has 0 saturated heterocycles. The summed E-state index contributed by atoms with van der Waals surface area (Å²) in [4.78, 5) is 0.277. The highest BCUT2D eigenvalue weighted by atomic mass is 32.2. The SMILES string of the molecule is COC[C@H](CCO)NS(=O)(=O)c1cc(C(C)(C)C)ccc1C. The standard InChI is InChI=1S/C16H27NO4S/c1-12-6-7-13(16(2,3)4)10-15(12)22(19,20)17-14(8-9-18)11-21-5/h6-7,10,14,17-18H,8-9,11H2,1-5H3/t14-/m0/s1. The number of ether oxygens (including phenoxy) is 1. The zero-order chi connectivity index (χ0) is 17.0. The van der Waals surface area contributed by atoms with E-state index in [-0.39, 0.29) is 23.5 Å². The molecule has 1 rings (SSSR count). The zero-order valence-corrected chi connectivity index (χ0v) is 14.8. The van der Waals surface area contributed by atoms with Crippen LogP contribution in [-0.4, -0.2) is 39.9 Å². The third kappa shape index (κ3) is 5.05. The maximum Gasteiger partial charge on any atom is 0.241 e. The minimum atomic E-state index is -3.66. The van der Waals surface area contributed by atoms with Crippen molar-refractivity contribution in [2.75, 3.05) is 20.3 Å². The van der Waals surface area contributed by atoms with Crippen molar-refractivity contribution in [1.29, 1.82) is 0 Å². The minimum absolute atomic E-state index is 0.0996. The van der Waals surface area contributed by atoms with Crippen molar-refractivity contribution in [1.82, 2.24) is 4.72 Å². The molecule has 1 aromatic carbocycles. The van der Waals surface area contributed by atoms with Gasteiger partial charge in [0.2, 0.25) is 10.0 Å². The van der Waals surface area contributed by atoms with Crippen LogP contribution in [-0.2, 0) is 20.2 Å². The lowest BCUT2D eigenvalue weighted by atomic mass is 9.87. The third-order valence-corrected chi connectivity index (χ3v) is 5.17. The number of methoxy groups -OCH3 is 1. The fraction of sp³-hybridized carbons (Fsp3) is 0.625. The van der Waals surface area contributed by atoms with E-state index >= 15 is 0 Å². The number of aliphatic hydroxyl groups excluding tert-OH is 1. The molecular weight excluding hydrogens is 302 g/mol. The second kappa shape index (κ2) is 7.55. The van der Waals surface area contributed by atoms with E-state index in [1.54, 1.807) is 13.0 Å². The second-order valence-electron chi connectivity index (χ2n) is 6.52. The van der Waals surface area contributed by atoms with Gasteiger partial charge in [0.1, 0.15) is 0 Å². The van der Waals surface area contributed by atoms with Crippen molar-refractivity contribution in [2.24, 2.45) is 0 Å². The van der Waals surface area contributed by atoms with Gasteiger partial charge in [0.05, 0.1) is 11.5 Å². The van der Waals surface area contributed by atoms with Crippen LogP contribution in [0.15, 0.2) is 23.1 Å². The molecule has 0 saturated carbocycles. The molecule has 2 N–H and O–H groups in total. The summed E-state index contributed by atoms with van der Waals surface area (Å²) in [6.45, 7) is 8.02. The molecular formula is C16H27NO4S. The van der Waals surface area contributed by atoms with Gasteiger partial charge in [-0.2, -0.15) is 0 Å². The number of aryl methyl sites for hydroxylation is 1. The van der Waals surface area contributed by atoms with E-state index in [0.29, 0.717) is 12.0 Å². The Balaban J connectivity index is 3.16. The average molecular weight is 329 g/mol. The smallest absolute Gasteiger partial charge is 0.241 e. The van der Waals surface area contributed by atoms with Gasteiger partial charge in [0.25, 0.3) is 0 Å². The third-order valence-electron chi connectivity index (χ3n) is 3.51. The van der Waals surface area contributed by atoms with Crippen LogP contribution in [0.3, 0.4) is 0 Å². The van der Waals surface area contributed by atoms with Crippen molar-refractivity contribution in [2.45, 2.75) is 50.5 Å². The van der Waals surface area contributed by atoms with Crippen LogP contribution in [0.25, 0.3) is 0 Å². The molecule has 1 aromatic rings. The van der Waals surface area contributed by atoms with Crippen molar-refractivity contribution in [3.63, 3.8) is 0 Å². The molecule has 5 nitrogen and oxygen atoms in total. The van der Waals surface area contributed by atoms with Crippen molar-refractivity contribution < 1.29 is 18.3 Å². The highest BCUT2D eigenvalue weighted by molar-refractivity contribution is 7.89. The van der Waals surface area contributed by atoms with E-state index in [4.69, 9.17) is 9.84 Å². The predicted molar refractivity (Wildman–Crippen MR) is 87.6 cm³/mol. The summed E-state index contributed by atoms with van der Waals surface area (Å²) in [6.07, 6.45) is 0.311. The Labute approximate surface area is 133 Å². The summed E-state index contributed by atoms with van der Waals surface area (Å²) in [5, 5.41) is 9.05. The Bertz CT molecular complexity index is 585. The van der Waals surface area contributed by atoms with Gasteiger partial charge in [-0.15, -0.1) is 0 Å². The normalized spacial score (nSPS) is 14.1. The molecule has 0 aliphatic rings. The quantitative estimate of drug-likeness (QED) is 0.802. The van der Waals surface area contributed by atoms with Crippen LogP contribution in [0.4, 0.5) is 0 Å². The molecule has 0 bridgehead atoms. The number of hydrogen-bond donors (Lipinski definition) is 2. The molecule has 126 valence electrons. The highest BCUT2D eigenvalue weighted by Gasteiger charge is 2.24. The summed E-state index contributed by atoms with van der Waals surface area (Å²) in [5.74, 6) is 0. The first-order chi connectivity index (χ1) is 10.1. The monoisotopic (exact) mass is 329 g/mol. The van der Waals surface area contributed by atoms with Crippen molar-refractivity contribution >= 4 is 10.0 Å². The lowest BCUT2D eigenvalue weighted by molar-refractivity contribution is 0.158. The first kappa shape index (κ1) is 19.1. The second-order valence-corrected chi connectivity index (χ2v) is 8.20. The van der Waals surface area contributed by atoms with Crippen LogP contribution in [0.5, 0.6) is 0 Å². The van der Waals surface area contributed by atoms with Crippen LogP contribution in [0.2, 0.25) is 0 Å². The molecule has 0 heterocycles. The van der Waals surface area contributed by atoms with Gasteiger partial charge in [-0.3, -0.25) is 0 Å². The van der Waals surface area contributed by atoms with E-state index < -0.39 is 16.1 Å². The number of sulfonamides is 1. The number of hydrogen-bond acceptors (Lipinski definition) is 4. The number of benzene rings is 1. The van der Waals surface area contributed by atoms with Gasteiger partial charge in [0, 0.05) is 19.8 Å². The summed E-state index contributed by atoms with van der Waals surface area (Å²) < 4.78 is 32.9.